The second-order valence-electron chi connectivity index (χ2n) is 5.41. The number of amidine groups is 1. The number of halogens is 4. The van der Waals surface area contributed by atoms with Crippen LogP contribution >= 0.6 is 23.2 Å². The molecule has 2 aromatic rings. The number of benzene rings is 2. The average molecular weight is 385 g/mol. The molecule has 2 heterocycles. The summed E-state index contributed by atoms with van der Waals surface area (Å²) >= 11 is 11.7. The topological polar surface area (TPSA) is 59.9 Å². The van der Waals surface area contributed by atoms with Crippen LogP contribution in [0.25, 0.3) is 0 Å². The number of fused-ring (bicyclic) bond motifs is 2. The summed E-state index contributed by atoms with van der Waals surface area (Å²) < 4.78 is 34.9. The van der Waals surface area contributed by atoms with Crippen LogP contribution < -0.4 is 14.8 Å². The zero-order valence-corrected chi connectivity index (χ0v) is 13.8. The van der Waals surface area contributed by atoms with Gasteiger partial charge >= 0.3 is 6.29 Å². The van der Waals surface area contributed by atoms with E-state index in [9.17, 15) is 13.6 Å². The summed E-state index contributed by atoms with van der Waals surface area (Å²) in [6.45, 7) is 0. The number of alkyl halides is 2. The Bertz CT molecular complexity index is 947. The molecule has 2 aliphatic rings. The van der Waals surface area contributed by atoms with Crippen LogP contribution in [0, 0.1) is 0 Å². The summed E-state index contributed by atoms with van der Waals surface area (Å²) in [5.41, 5.74) is 1.40. The normalized spacial score (nSPS) is 16.4. The molecule has 0 fully saturated rings. The van der Waals surface area contributed by atoms with Gasteiger partial charge in [0, 0.05) is 18.1 Å². The minimum absolute atomic E-state index is 0.0593. The predicted octanol–water partition coefficient (Wildman–Crippen LogP) is 4.33. The molecule has 0 radical (unpaired) electrons. The first kappa shape index (κ1) is 16.1. The van der Waals surface area contributed by atoms with Crippen molar-refractivity contribution in [2.24, 2.45) is 4.99 Å². The SMILES string of the molecule is O=C(NC1=Nc2cc3c(cc2C1)OC(F)(F)O3)c1ccc(Cl)c(Cl)c1. The van der Waals surface area contributed by atoms with E-state index in [0.717, 1.165) is 0 Å². The molecule has 0 spiro atoms. The van der Waals surface area contributed by atoms with E-state index in [-0.39, 0.29) is 22.9 Å². The monoisotopic (exact) mass is 384 g/mol. The van der Waals surface area contributed by atoms with Crippen molar-refractivity contribution in [3.05, 3.63) is 51.5 Å². The van der Waals surface area contributed by atoms with Gasteiger partial charge in [0.2, 0.25) is 0 Å². The summed E-state index contributed by atoms with van der Waals surface area (Å²) in [7, 11) is 0. The highest BCUT2D eigenvalue weighted by Crippen LogP contribution is 2.45. The molecule has 1 amide bonds. The second-order valence-corrected chi connectivity index (χ2v) is 6.23. The van der Waals surface area contributed by atoms with Crippen molar-refractivity contribution in [2.75, 3.05) is 0 Å². The third-order valence-electron chi connectivity index (χ3n) is 3.66. The molecule has 0 aliphatic carbocycles. The minimum Gasteiger partial charge on any atom is -0.395 e. The Hall–Kier alpha value is -2.38. The summed E-state index contributed by atoms with van der Waals surface area (Å²) in [5, 5.41) is 3.26. The Morgan fingerprint density at radius 3 is 2.56 bits per heavy atom. The summed E-state index contributed by atoms with van der Waals surface area (Å²) in [6, 6.07) is 7.27. The van der Waals surface area contributed by atoms with Crippen molar-refractivity contribution < 1.29 is 23.0 Å². The highest BCUT2D eigenvalue weighted by molar-refractivity contribution is 6.42. The molecule has 0 bridgehead atoms. The lowest BCUT2D eigenvalue weighted by Gasteiger charge is -2.05. The molecular formula is C16H8Cl2F2N2O3. The quantitative estimate of drug-likeness (QED) is 0.795. The van der Waals surface area contributed by atoms with E-state index < -0.39 is 12.2 Å². The second kappa shape index (κ2) is 5.57. The van der Waals surface area contributed by atoms with Crippen LogP contribution in [-0.4, -0.2) is 18.0 Å². The van der Waals surface area contributed by atoms with Crippen molar-refractivity contribution in [1.82, 2.24) is 5.32 Å². The fourth-order valence-corrected chi connectivity index (χ4v) is 2.85. The molecule has 0 unspecified atom stereocenters. The number of nitrogens with one attached hydrogen (secondary N) is 1. The van der Waals surface area contributed by atoms with Gasteiger partial charge in [0.05, 0.1) is 15.7 Å². The molecule has 5 nitrogen and oxygen atoms in total. The molecule has 9 heteroatoms. The van der Waals surface area contributed by atoms with Gasteiger partial charge in [0.25, 0.3) is 5.91 Å². The molecule has 0 saturated heterocycles. The molecule has 0 aromatic heterocycles. The van der Waals surface area contributed by atoms with Crippen molar-refractivity contribution in [3.63, 3.8) is 0 Å². The number of rotatable bonds is 1. The first-order chi connectivity index (χ1) is 11.8. The molecular weight excluding hydrogens is 377 g/mol. The van der Waals surface area contributed by atoms with Crippen LogP contribution in [0.3, 0.4) is 0 Å². The molecule has 0 saturated carbocycles. The molecule has 4 rings (SSSR count). The average Bonchev–Trinajstić information content (AvgIpc) is 3.04. The van der Waals surface area contributed by atoms with Crippen molar-refractivity contribution in [3.8, 4) is 11.5 Å². The largest absolute Gasteiger partial charge is 0.586 e. The van der Waals surface area contributed by atoms with Gasteiger partial charge in [-0.1, -0.05) is 23.2 Å². The molecule has 0 atom stereocenters. The van der Waals surface area contributed by atoms with Crippen molar-refractivity contribution >= 4 is 40.6 Å². The molecule has 25 heavy (non-hydrogen) atoms. The maximum atomic E-state index is 13.1. The number of hydrogen-bond donors (Lipinski definition) is 1. The summed E-state index contributed by atoms with van der Waals surface area (Å²) in [5.74, 6) is -0.182. The van der Waals surface area contributed by atoms with Crippen molar-refractivity contribution in [2.45, 2.75) is 12.7 Å². The number of ether oxygens (including phenoxy) is 2. The van der Waals surface area contributed by atoms with Gasteiger partial charge in [-0.25, -0.2) is 4.99 Å². The van der Waals surface area contributed by atoms with Gasteiger partial charge in [-0.3, -0.25) is 4.79 Å². The van der Waals surface area contributed by atoms with Gasteiger partial charge in [-0.05, 0) is 29.8 Å². The lowest BCUT2D eigenvalue weighted by molar-refractivity contribution is -0.286. The summed E-state index contributed by atoms with van der Waals surface area (Å²) in [4.78, 5) is 16.5. The van der Waals surface area contributed by atoms with Crippen LogP contribution in [0.4, 0.5) is 14.5 Å². The maximum absolute atomic E-state index is 13.1. The first-order valence-corrected chi connectivity index (χ1v) is 7.83. The highest BCUT2D eigenvalue weighted by atomic mass is 35.5. The van der Waals surface area contributed by atoms with Crippen LogP contribution in [0.15, 0.2) is 35.3 Å². The van der Waals surface area contributed by atoms with Crippen LogP contribution in [-0.2, 0) is 6.42 Å². The summed E-state index contributed by atoms with van der Waals surface area (Å²) in [6.07, 6.45) is -3.41. The zero-order chi connectivity index (χ0) is 17.8. The number of amides is 1. The molecule has 2 aromatic carbocycles. The Labute approximate surface area is 150 Å². The highest BCUT2D eigenvalue weighted by Gasteiger charge is 2.44. The minimum atomic E-state index is -3.67. The number of carbonyl (C=O) groups excluding carboxylic acids is 1. The van der Waals surface area contributed by atoms with Gasteiger partial charge in [0.1, 0.15) is 5.84 Å². The molecule has 1 N–H and O–H groups in total. The van der Waals surface area contributed by atoms with E-state index in [0.29, 0.717) is 27.7 Å². The standard InChI is InChI=1S/C16H8Cl2F2N2O3/c17-9-2-1-7(3-10(9)18)15(23)22-14-5-8-4-12-13(6-11(8)21-14)25-16(19,20)24-12/h1-4,6H,5H2,(H,21,22,23). The number of nitrogens with zero attached hydrogens (tertiary/aromatic N) is 1. The maximum Gasteiger partial charge on any atom is 0.586 e. The molecule has 128 valence electrons. The van der Waals surface area contributed by atoms with Crippen LogP contribution in [0.5, 0.6) is 11.5 Å². The first-order valence-electron chi connectivity index (χ1n) is 7.07. The van der Waals surface area contributed by atoms with E-state index >= 15 is 0 Å². The van der Waals surface area contributed by atoms with E-state index in [1.807, 2.05) is 0 Å². The van der Waals surface area contributed by atoms with E-state index in [1.165, 1.54) is 30.3 Å². The van der Waals surface area contributed by atoms with Gasteiger partial charge in [-0.2, -0.15) is 0 Å². The van der Waals surface area contributed by atoms with Crippen LogP contribution in [0.1, 0.15) is 15.9 Å². The zero-order valence-electron chi connectivity index (χ0n) is 12.3. The predicted molar refractivity (Wildman–Crippen MR) is 87.4 cm³/mol. The Kier molecular flexibility index (Phi) is 3.59. The van der Waals surface area contributed by atoms with E-state index in [1.54, 1.807) is 0 Å². The van der Waals surface area contributed by atoms with Gasteiger partial charge < -0.3 is 14.8 Å². The fourth-order valence-electron chi connectivity index (χ4n) is 2.55. The molecule has 2 aliphatic heterocycles. The van der Waals surface area contributed by atoms with E-state index in [2.05, 4.69) is 19.8 Å². The fraction of sp³-hybridized carbons (Fsp3) is 0.125. The third-order valence-corrected chi connectivity index (χ3v) is 4.39. The Balaban J connectivity index is 1.53. The number of carbonyl (C=O) groups is 1. The van der Waals surface area contributed by atoms with Gasteiger partial charge in [0.15, 0.2) is 11.5 Å². The van der Waals surface area contributed by atoms with E-state index in [4.69, 9.17) is 23.2 Å². The smallest absolute Gasteiger partial charge is 0.395 e. The number of aliphatic imine (C=N–C) groups is 1. The lowest BCUT2D eigenvalue weighted by Crippen LogP contribution is -2.30. The third kappa shape index (κ3) is 3.01. The Morgan fingerprint density at radius 2 is 1.84 bits per heavy atom. The van der Waals surface area contributed by atoms with Crippen molar-refractivity contribution in [1.29, 1.82) is 0 Å². The lowest BCUT2D eigenvalue weighted by atomic mass is 10.1. The van der Waals surface area contributed by atoms with Gasteiger partial charge in [-0.15, -0.1) is 8.78 Å². The Morgan fingerprint density at radius 1 is 1.12 bits per heavy atom. The number of hydrogen-bond acceptors (Lipinski definition) is 4. The van der Waals surface area contributed by atoms with Crippen LogP contribution in [0.2, 0.25) is 10.0 Å².